The fourth-order valence-electron chi connectivity index (χ4n) is 6.10. The summed E-state index contributed by atoms with van der Waals surface area (Å²) in [6.45, 7) is 9.57. The molecular weight excluding hydrogens is 746 g/mol. The zero-order valence-electron chi connectivity index (χ0n) is 29.7. The number of carbonyl (C=O) groups excluding carboxylic acids is 1. The number of thiazole rings is 1. The summed E-state index contributed by atoms with van der Waals surface area (Å²) in [5, 5.41) is 15.8. The highest BCUT2D eigenvalue weighted by Gasteiger charge is 2.30. The van der Waals surface area contributed by atoms with Crippen LogP contribution in [0.4, 0.5) is 10.5 Å². The molecule has 1 N–H and O–H groups in total. The van der Waals surface area contributed by atoms with Gasteiger partial charge >= 0.3 is 6.09 Å². The lowest BCUT2D eigenvalue weighted by molar-refractivity contribution is -0.669. The minimum atomic E-state index is -0.626. The number of aromatic nitrogens is 1. The van der Waals surface area contributed by atoms with E-state index in [1.54, 1.807) is 35.0 Å². The van der Waals surface area contributed by atoms with Crippen molar-refractivity contribution in [3.05, 3.63) is 91.6 Å². The number of aryl methyl sites for hydroxylation is 1. The van der Waals surface area contributed by atoms with Crippen LogP contribution in [-0.4, -0.2) is 41.2 Å². The summed E-state index contributed by atoms with van der Waals surface area (Å²) in [5.74, 6) is 0.683. The Kier molecular flexibility index (Phi) is 14.4. The van der Waals surface area contributed by atoms with Crippen molar-refractivity contribution in [1.82, 2.24) is 4.90 Å². The van der Waals surface area contributed by atoms with Crippen LogP contribution >= 0.6 is 58.3 Å². The Morgan fingerprint density at radius 2 is 1.84 bits per heavy atom. The van der Waals surface area contributed by atoms with Gasteiger partial charge in [0.15, 0.2) is 6.54 Å². The molecule has 1 aliphatic carbocycles. The van der Waals surface area contributed by atoms with Crippen molar-refractivity contribution in [3.8, 4) is 0 Å². The van der Waals surface area contributed by atoms with Gasteiger partial charge in [0.1, 0.15) is 10.3 Å². The number of amides is 1. The highest BCUT2D eigenvalue weighted by molar-refractivity contribution is 8.03. The average molecular weight is 792 g/mol. The van der Waals surface area contributed by atoms with E-state index in [9.17, 15) is 4.79 Å². The number of fused-ring (bicyclic) bond motifs is 2. The highest BCUT2D eigenvalue weighted by Crippen LogP contribution is 2.47. The standard InChI is InChI=1S/C38H45Cl2N3O5S3/c1-6-7-8-21-42-30-24-28(39)15-17-32(30)50-34(42)19-13-26-11-12-27(36(26)41(5)37(44)46-38(2,3)4)14-20-35-43(22-9-10-23-49-48-47-45)31-25-29(40)16-18-33(31)51-35/h13-20,24-25H,6-12,21-23H2,1-5H3/p+1. The molecule has 5 rings (SSSR count). The molecule has 0 saturated carbocycles. The van der Waals surface area contributed by atoms with E-state index in [-0.39, 0.29) is 6.09 Å². The summed E-state index contributed by atoms with van der Waals surface area (Å²) in [6.07, 6.45) is 15.0. The largest absolute Gasteiger partial charge is 0.443 e. The molecule has 0 unspecified atom stereocenters. The Hall–Kier alpha value is -2.48. The first-order valence-corrected chi connectivity index (χ1v) is 20.5. The summed E-state index contributed by atoms with van der Waals surface area (Å²) < 4.78 is 13.9. The molecule has 1 amide bonds. The Morgan fingerprint density at radius 3 is 2.61 bits per heavy atom. The fraction of sp³-hybridized carbons (Fsp3) is 0.421. The molecule has 274 valence electrons. The first kappa shape index (κ1) is 39.7. The number of rotatable bonds is 15. The number of hydrogen-bond acceptors (Lipinski definition) is 9. The van der Waals surface area contributed by atoms with Crippen molar-refractivity contribution >= 4 is 86.4 Å². The van der Waals surface area contributed by atoms with E-state index >= 15 is 0 Å². The second kappa shape index (κ2) is 18.5. The van der Waals surface area contributed by atoms with E-state index in [4.69, 9.17) is 33.2 Å². The van der Waals surface area contributed by atoms with E-state index in [0.29, 0.717) is 10.8 Å². The lowest BCUT2D eigenvalue weighted by atomic mass is 10.1. The molecule has 0 saturated heterocycles. The predicted octanol–water partition coefficient (Wildman–Crippen LogP) is 11.8. The molecule has 0 fully saturated rings. The van der Waals surface area contributed by atoms with Crippen molar-refractivity contribution in [2.24, 2.45) is 0 Å². The van der Waals surface area contributed by atoms with Gasteiger partial charge in [0.05, 0.1) is 16.4 Å². The lowest BCUT2D eigenvalue weighted by Crippen LogP contribution is -2.35. The number of ether oxygens (including phenoxy) is 1. The number of carbonyl (C=O) groups is 1. The molecular formula is C38H46Cl2N3O5S3+. The van der Waals surface area contributed by atoms with E-state index < -0.39 is 5.60 Å². The predicted molar refractivity (Wildman–Crippen MR) is 213 cm³/mol. The van der Waals surface area contributed by atoms with Crippen LogP contribution < -0.4 is 9.47 Å². The molecule has 8 nitrogen and oxygen atoms in total. The monoisotopic (exact) mass is 790 g/mol. The van der Waals surface area contributed by atoms with Crippen molar-refractivity contribution in [3.63, 3.8) is 0 Å². The van der Waals surface area contributed by atoms with Crippen molar-refractivity contribution in [2.75, 3.05) is 24.2 Å². The molecule has 13 heteroatoms. The second-order valence-electron chi connectivity index (χ2n) is 13.4. The van der Waals surface area contributed by atoms with E-state index in [0.717, 1.165) is 118 Å². The van der Waals surface area contributed by atoms with Crippen molar-refractivity contribution < 1.29 is 28.7 Å². The maximum atomic E-state index is 13.5. The van der Waals surface area contributed by atoms with Gasteiger partial charge in [0.25, 0.3) is 5.01 Å². The second-order valence-corrected chi connectivity index (χ2v) is 17.2. The van der Waals surface area contributed by atoms with Crippen molar-refractivity contribution in [1.29, 1.82) is 0 Å². The number of anilines is 1. The molecule has 2 aromatic carbocycles. The fourth-order valence-corrected chi connectivity index (χ4v) is 9.01. The van der Waals surface area contributed by atoms with Crippen molar-refractivity contribution in [2.45, 2.75) is 89.7 Å². The molecule has 0 radical (unpaired) electrons. The SMILES string of the molecule is CCCCC[n+]1c(C=CC2=C(N(C)C(=O)OC(C)(C)C)C(=CC=C3Sc4ccc(Cl)cc4N3CCCCSOOO)CC2)sc2ccc(Cl)cc21. The molecule has 51 heavy (non-hydrogen) atoms. The van der Waals surface area contributed by atoms with Gasteiger partial charge in [0.2, 0.25) is 5.52 Å². The summed E-state index contributed by atoms with van der Waals surface area (Å²) in [5.41, 5.74) is 4.63. The zero-order chi connectivity index (χ0) is 36.5. The number of halogens is 2. The summed E-state index contributed by atoms with van der Waals surface area (Å²) in [6, 6.07) is 12.1. The van der Waals surface area contributed by atoms with E-state index in [2.05, 4.69) is 68.3 Å². The number of benzene rings is 2. The zero-order valence-corrected chi connectivity index (χ0v) is 33.7. The Morgan fingerprint density at radius 1 is 1.06 bits per heavy atom. The van der Waals surface area contributed by atoms with Gasteiger partial charge in [-0.15, -0.1) is 4.33 Å². The molecule has 0 bridgehead atoms. The molecule has 0 spiro atoms. The lowest BCUT2D eigenvalue weighted by Gasteiger charge is -2.26. The van der Waals surface area contributed by atoms with Crippen LogP contribution in [-0.2, 0) is 20.7 Å². The highest BCUT2D eigenvalue weighted by atomic mass is 35.5. The summed E-state index contributed by atoms with van der Waals surface area (Å²) in [7, 11) is 1.80. The molecule has 0 atom stereocenters. The van der Waals surface area contributed by atoms with Crippen LogP contribution in [0.5, 0.6) is 0 Å². The Balaban J connectivity index is 1.49. The molecule has 2 aliphatic rings. The number of allylic oxidation sites excluding steroid dienone is 5. The first-order chi connectivity index (χ1) is 24.5. The minimum Gasteiger partial charge on any atom is -0.443 e. The number of nitrogens with zero attached hydrogens (tertiary/aromatic N) is 3. The maximum absolute atomic E-state index is 13.5. The summed E-state index contributed by atoms with van der Waals surface area (Å²) >= 11 is 17.4. The first-order valence-electron chi connectivity index (χ1n) is 17.2. The van der Waals surface area contributed by atoms with Gasteiger partial charge in [-0.1, -0.05) is 70.8 Å². The molecule has 1 aliphatic heterocycles. The van der Waals surface area contributed by atoms with Crippen LogP contribution in [0.25, 0.3) is 16.3 Å². The van der Waals surface area contributed by atoms with Crippen LogP contribution in [0.2, 0.25) is 10.0 Å². The minimum absolute atomic E-state index is 0.387. The number of hydrogen-bond donors (Lipinski definition) is 1. The Bertz CT molecular complexity index is 1830. The van der Waals surface area contributed by atoms with Crippen LogP contribution in [0, 0.1) is 0 Å². The third-order valence-electron chi connectivity index (χ3n) is 8.44. The Labute approximate surface area is 323 Å². The van der Waals surface area contributed by atoms with E-state index in [1.807, 2.05) is 39.0 Å². The van der Waals surface area contributed by atoms with Gasteiger partial charge in [-0.3, -0.25) is 4.90 Å². The number of likely N-dealkylation sites (N-methyl/N-ethyl adjacent to an activating group) is 1. The van der Waals surface area contributed by atoms with Gasteiger partial charge in [-0.25, -0.2) is 10.1 Å². The smallest absolute Gasteiger partial charge is 0.414 e. The summed E-state index contributed by atoms with van der Waals surface area (Å²) in [4.78, 5) is 18.6. The maximum Gasteiger partial charge on any atom is 0.414 e. The number of unbranched alkanes of at least 4 members (excludes halogenated alkanes) is 3. The van der Waals surface area contributed by atoms with Crippen LogP contribution in [0.15, 0.2) is 81.4 Å². The quantitative estimate of drug-likeness (QED) is 0.0536. The van der Waals surface area contributed by atoms with Gasteiger partial charge in [-0.05, 0) is 107 Å². The third-order valence-corrected chi connectivity index (χ3v) is 11.8. The normalized spacial score (nSPS) is 16.4. The topological polar surface area (TPSA) is 75.4 Å². The number of thioether (sulfide) groups is 1. The average Bonchev–Trinajstić information content (AvgIpc) is 3.76. The van der Waals surface area contributed by atoms with Gasteiger partial charge < -0.3 is 9.64 Å². The molecule has 2 heterocycles. The van der Waals surface area contributed by atoms with Gasteiger partial charge in [0, 0.05) is 64.9 Å². The third kappa shape index (κ3) is 10.6. The molecule has 1 aromatic heterocycles. The van der Waals surface area contributed by atoms with Gasteiger partial charge in [-0.2, -0.15) is 4.57 Å². The molecule has 3 aromatic rings. The van der Waals surface area contributed by atoms with Crippen LogP contribution in [0.3, 0.4) is 0 Å². The van der Waals surface area contributed by atoms with Crippen LogP contribution in [0.1, 0.15) is 77.6 Å². The van der Waals surface area contributed by atoms with E-state index in [1.165, 1.54) is 4.70 Å².